The van der Waals surface area contributed by atoms with E-state index in [-0.39, 0.29) is 54.8 Å². The lowest BCUT2D eigenvalue weighted by molar-refractivity contribution is -0.144. The van der Waals surface area contributed by atoms with Gasteiger partial charge in [-0.05, 0) is 36.8 Å². The normalized spacial score (nSPS) is 24.8. The maximum Gasteiger partial charge on any atom is 0.408 e. The molecule has 0 bridgehead atoms. The lowest BCUT2D eigenvalue weighted by Gasteiger charge is -2.35. The molecule has 1 saturated carbocycles. The van der Waals surface area contributed by atoms with Crippen molar-refractivity contribution in [3.63, 3.8) is 0 Å². The van der Waals surface area contributed by atoms with Gasteiger partial charge in [-0.1, -0.05) is 56.9 Å². The second kappa shape index (κ2) is 14.4. The van der Waals surface area contributed by atoms with Crippen LogP contribution in [0.1, 0.15) is 78.2 Å². The van der Waals surface area contributed by atoms with Crippen LogP contribution in [0.4, 0.5) is 9.18 Å². The number of halogens is 2. The highest BCUT2D eigenvalue weighted by Crippen LogP contribution is 2.41. The van der Waals surface area contributed by atoms with Crippen molar-refractivity contribution in [2.45, 2.75) is 109 Å². The second-order valence-corrected chi connectivity index (χ2v) is 14.5. The zero-order valence-corrected chi connectivity index (χ0v) is 28.4. The predicted molar refractivity (Wildman–Crippen MR) is 172 cm³/mol. The monoisotopic (exact) mass is 691 g/mol. The Balaban J connectivity index is 1.40. The van der Waals surface area contributed by atoms with Gasteiger partial charge in [-0.15, -0.1) is 0 Å². The van der Waals surface area contributed by atoms with E-state index < -0.39 is 70.7 Å². The molecule has 0 aromatic heterocycles. The van der Waals surface area contributed by atoms with Gasteiger partial charge in [0.1, 0.15) is 24.0 Å². The third kappa shape index (κ3) is 8.08. The van der Waals surface area contributed by atoms with Gasteiger partial charge in [-0.2, -0.15) is 0 Å². The zero-order chi connectivity index (χ0) is 34.8. The summed E-state index contributed by atoms with van der Waals surface area (Å²) < 4.78 is 25.6. The molecule has 1 aromatic carbocycles. The Morgan fingerprint density at radius 1 is 1.17 bits per heavy atom. The average Bonchev–Trinajstić information content (AvgIpc) is 3.37. The Bertz CT molecular complexity index is 1450. The Morgan fingerprint density at radius 3 is 2.54 bits per heavy atom. The summed E-state index contributed by atoms with van der Waals surface area (Å²) in [6, 6.07) is 0.737. The number of amides is 4. The molecule has 4 aliphatic rings. The lowest BCUT2D eigenvalue weighted by Crippen LogP contribution is -2.59. The lowest BCUT2D eigenvalue weighted by atomic mass is 9.85. The molecule has 13 nitrogen and oxygen atoms in total. The molecule has 15 heteroatoms. The number of hydrogen-bond acceptors (Lipinski definition) is 9. The molecule has 0 radical (unpaired) electrons. The van der Waals surface area contributed by atoms with Gasteiger partial charge in [0, 0.05) is 25.3 Å². The van der Waals surface area contributed by atoms with Gasteiger partial charge in [0.05, 0.1) is 42.1 Å². The maximum atomic E-state index is 14.9. The van der Waals surface area contributed by atoms with Crippen LogP contribution >= 0.6 is 11.6 Å². The Hall–Kier alpha value is -3.78. The van der Waals surface area contributed by atoms with E-state index in [1.807, 2.05) is 6.92 Å². The zero-order valence-electron chi connectivity index (χ0n) is 27.6. The molecule has 3 fully saturated rings. The van der Waals surface area contributed by atoms with Crippen LogP contribution in [0.15, 0.2) is 23.4 Å². The fourth-order valence-electron chi connectivity index (χ4n) is 6.23. The summed E-state index contributed by atoms with van der Waals surface area (Å²) in [6.45, 7) is 7.67. The molecule has 3 heterocycles. The molecule has 1 spiro atoms. The van der Waals surface area contributed by atoms with Crippen LogP contribution in [0.25, 0.3) is 0 Å². The largest absolute Gasteiger partial charge is 0.444 e. The van der Waals surface area contributed by atoms with Crippen LogP contribution in [0, 0.1) is 11.2 Å². The van der Waals surface area contributed by atoms with Crippen LogP contribution in [-0.2, 0) is 33.5 Å². The summed E-state index contributed by atoms with van der Waals surface area (Å²) in [5, 5.41) is 12.3. The number of carbonyl (C=O) groups is 5. The number of rotatable bonds is 11. The number of ketones is 1. The van der Waals surface area contributed by atoms with Crippen molar-refractivity contribution in [1.29, 1.82) is 0 Å². The van der Waals surface area contributed by atoms with E-state index in [1.54, 1.807) is 20.8 Å². The molecular formula is C33H43ClFN5O8. The molecule has 5 rings (SSSR count). The van der Waals surface area contributed by atoms with Crippen LogP contribution < -0.4 is 16.0 Å². The minimum absolute atomic E-state index is 0.0274. The van der Waals surface area contributed by atoms with E-state index in [9.17, 15) is 28.4 Å². The van der Waals surface area contributed by atoms with Crippen LogP contribution in [0.5, 0.6) is 0 Å². The topological polar surface area (TPSA) is 165 Å². The number of Topliss-reactive ketones (excluding diaryl/α,β-unsaturated/α-hetero) is 1. The van der Waals surface area contributed by atoms with Gasteiger partial charge >= 0.3 is 6.09 Å². The molecule has 4 amide bonds. The molecule has 5 atom stereocenters. The SMILES string of the molecule is CCC[C@H](NC(=O)[C@@H]1C[C@]2(CC(c3c(F)cccc3Cl)=NO2)CN1C(=O)[C@@H](NC(=O)O[C@H]1CCOC1)C(C)(C)C)C(=O)C(=O)NC1CC1. The van der Waals surface area contributed by atoms with Gasteiger partial charge in [0.25, 0.3) is 5.91 Å². The maximum absolute atomic E-state index is 14.9. The number of oxime groups is 1. The standard InChI is InChI=1S/C33H43ClFN5O8/c1-5-7-22(26(41)29(43)36-18-10-11-18)37-28(42)24-15-33(14-23(39-48-33)25-20(34)8-6-9-21(25)35)17-40(24)30(44)27(32(2,3)4)38-31(45)47-19-12-13-46-16-19/h6,8-9,18-19,22,24,27H,5,7,10-17H2,1-4H3,(H,36,43)(H,37,42)(H,38,45)/t19-,22-,24-,27+,33+/m0/s1. The third-order valence-corrected chi connectivity index (χ3v) is 9.27. The fraction of sp³-hybridized carbons (Fsp3) is 0.636. The quantitative estimate of drug-likeness (QED) is 0.298. The van der Waals surface area contributed by atoms with Crippen LogP contribution in [-0.4, -0.2) is 95.8 Å². The van der Waals surface area contributed by atoms with Crippen molar-refractivity contribution < 1.29 is 42.7 Å². The fourth-order valence-corrected chi connectivity index (χ4v) is 6.50. The number of ether oxygens (including phenoxy) is 2. The number of likely N-dealkylation sites (tertiary alicyclic amines) is 1. The first-order valence-corrected chi connectivity index (χ1v) is 16.8. The van der Waals surface area contributed by atoms with Gasteiger partial charge in [0.15, 0.2) is 5.60 Å². The minimum atomic E-state index is -1.24. The van der Waals surface area contributed by atoms with E-state index in [0.29, 0.717) is 19.4 Å². The molecule has 262 valence electrons. The van der Waals surface area contributed by atoms with Crippen LogP contribution in [0.2, 0.25) is 5.02 Å². The van der Waals surface area contributed by atoms with E-state index in [1.165, 1.54) is 23.1 Å². The molecule has 1 aliphatic carbocycles. The van der Waals surface area contributed by atoms with Gasteiger partial charge in [-0.3, -0.25) is 19.2 Å². The van der Waals surface area contributed by atoms with Gasteiger partial charge in [0.2, 0.25) is 17.6 Å². The summed E-state index contributed by atoms with van der Waals surface area (Å²) in [7, 11) is 0. The molecule has 48 heavy (non-hydrogen) atoms. The average molecular weight is 692 g/mol. The van der Waals surface area contributed by atoms with Gasteiger partial charge < -0.3 is 35.2 Å². The van der Waals surface area contributed by atoms with E-state index >= 15 is 0 Å². The summed E-state index contributed by atoms with van der Waals surface area (Å²) >= 11 is 6.31. The highest BCUT2D eigenvalue weighted by molar-refractivity contribution is 6.38. The van der Waals surface area contributed by atoms with Crippen molar-refractivity contribution in [1.82, 2.24) is 20.9 Å². The number of carbonyl (C=O) groups excluding carboxylic acids is 5. The third-order valence-electron chi connectivity index (χ3n) is 8.96. The summed E-state index contributed by atoms with van der Waals surface area (Å²) in [5.74, 6) is -3.41. The smallest absolute Gasteiger partial charge is 0.408 e. The minimum Gasteiger partial charge on any atom is -0.444 e. The van der Waals surface area contributed by atoms with Crippen molar-refractivity contribution in [3.05, 3.63) is 34.6 Å². The molecule has 3 N–H and O–H groups in total. The first-order valence-electron chi connectivity index (χ1n) is 16.4. The predicted octanol–water partition coefficient (Wildman–Crippen LogP) is 3.01. The van der Waals surface area contributed by atoms with Crippen molar-refractivity contribution >= 4 is 46.9 Å². The Labute approximate surface area is 283 Å². The second-order valence-electron chi connectivity index (χ2n) is 14.1. The Morgan fingerprint density at radius 2 is 1.92 bits per heavy atom. The van der Waals surface area contributed by atoms with E-state index in [2.05, 4.69) is 21.1 Å². The number of alkyl carbamates (subject to hydrolysis) is 1. The molecular weight excluding hydrogens is 649 g/mol. The van der Waals surface area contributed by atoms with Crippen molar-refractivity contribution in [2.24, 2.45) is 10.6 Å². The first kappa shape index (κ1) is 35.5. The number of benzene rings is 1. The highest BCUT2D eigenvalue weighted by Gasteiger charge is 2.56. The van der Waals surface area contributed by atoms with Crippen LogP contribution in [0.3, 0.4) is 0 Å². The molecule has 2 saturated heterocycles. The Kier molecular flexibility index (Phi) is 10.6. The number of nitrogens with zero attached hydrogens (tertiary/aromatic N) is 2. The van der Waals surface area contributed by atoms with E-state index in [4.69, 9.17) is 25.9 Å². The summed E-state index contributed by atoms with van der Waals surface area (Å²) in [5.41, 5.74) is -1.80. The van der Waals surface area contributed by atoms with E-state index in [0.717, 1.165) is 12.8 Å². The molecule has 1 aromatic rings. The highest BCUT2D eigenvalue weighted by atomic mass is 35.5. The summed E-state index contributed by atoms with van der Waals surface area (Å²) in [4.78, 5) is 74.3. The van der Waals surface area contributed by atoms with Crippen molar-refractivity contribution in [3.8, 4) is 0 Å². The first-order chi connectivity index (χ1) is 22.7. The molecule has 3 aliphatic heterocycles. The molecule has 0 unspecified atom stereocenters. The van der Waals surface area contributed by atoms with Gasteiger partial charge in [-0.25, -0.2) is 9.18 Å². The van der Waals surface area contributed by atoms with Crippen molar-refractivity contribution in [2.75, 3.05) is 19.8 Å². The number of hydrogen-bond donors (Lipinski definition) is 3. The summed E-state index contributed by atoms with van der Waals surface area (Å²) in [6.07, 6.45) is 1.51. The number of nitrogens with one attached hydrogen (secondary N) is 3.